The Morgan fingerprint density at radius 2 is 2.07 bits per heavy atom. The molecule has 0 fully saturated rings. The zero-order valence-electron chi connectivity index (χ0n) is 7.80. The minimum atomic E-state index is 0. The van der Waals surface area contributed by atoms with Crippen LogP contribution in [0.2, 0.25) is 0 Å². The van der Waals surface area contributed by atoms with Gasteiger partial charge in [-0.3, -0.25) is 4.68 Å². The van der Waals surface area contributed by atoms with E-state index < -0.39 is 0 Å². The normalized spacial score (nSPS) is 9.29. The van der Waals surface area contributed by atoms with Crippen molar-refractivity contribution in [2.24, 2.45) is 12.8 Å². The number of aryl methyl sites for hydroxylation is 1. The van der Waals surface area contributed by atoms with Gasteiger partial charge in [-0.25, -0.2) is 0 Å². The Labute approximate surface area is 95.1 Å². The summed E-state index contributed by atoms with van der Waals surface area (Å²) in [6.45, 7) is 0.550. The molecule has 0 aliphatic heterocycles. The van der Waals surface area contributed by atoms with Crippen molar-refractivity contribution in [2.75, 3.05) is 0 Å². The first kappa shape index (κ1) is 13.2. The first-order valence-corrected chi connectivity index (χ1v) is 3.92. The number of aromatic nitrogens is 2. The van der Waals surface area contributed by atoms with E-state index in [1.165, 1.54) is 0 Å². The lowest BCUT2D eigenvalue weighted by atomic mass is 10.1. The van der Waals surface area contributed by atoms with Crippen LogP contribution in [0.1, 0.15) is 5.56 Å². The predicted molar refractivity (Wildman–Crippen MR) is 63.1 cm³/mol. The molecule has 2 rings (SSSR count). The topological polar surface area (TPSA) is 43.8 Å². The molecular weight excluding hydrogens is 221 g/mol. The maximum atomic E-state index is 5.58. The number of hydrogen-bond acceptors (Lipinski definition) is 2. The largest absolute Gasteiger partial charge is 0.326 e. The monoisotopic (exact) mass is 233 g/mol. The van der Waals surface area contributed by atoms with Gasteiger partial charge in [0.1, 0.15) is 0 Å². The molecule has 2 aromatic rings. The number of nitrogens with two attached hydrogens (primary N) is 1. The van der Waals surface area contributed by atoms with Crippen molar-refractivity contribution in [1.29, 1.82) is 0 Å². The molecule has 1 aromatic carbocycles. The number of hydrogen-bond donors (Lipinski definition) is 1. The summed E-state index contributed by atoms with van der Waals surface area (Å²) in [7, 11) is 1.92. The third kappa shape index (κ3) is 2.18. The van der Waals surface area contributed by atoms with Gasteiger partial charge in [-0.05, 0) is 5.56 Å². The van der Waals surface area contributed by atoms with Crippen molar-refractivity contribution in [3.05, 3.63) is 30.0 Å². The summed E-state index contributed by atoms with van der Waals surface area (Å²) in [6, 6.07) is 6.06. The molecule has 78 valence electrons. The Balaban J connectivity index is 0.000000845. The first-order chi connectivity index (χ1) is 5.81. The summed E-state index contributed by atoms with van der Waals surface area (Å²) in [5.41, 5.74) is 7.70. The summed E-state index contributed by atoms with van der Waals surface area (Å²) in [5, 5.41) is 5.47. The number of nitrogens with zero attached hydrogens (tertiary/aromatic N) is 2. The number of fused-ring (bicyclic) bond motifs is 1. The molecule has 0 unspecified atom stereocenters. The predicted octanol–water partition coefficient (Wildman–Crippen LogP) is 1.88. The maximum Gasteiger partial charge on any atom is 0.0967 e. The fourth-order valence-electron chi connectivity index (χ4n) is 1.39. The Hall–Kier alpha value is -0.770. The van der Waals surface area contributed by atoms with Crippen molar-refractivity contribution in [1.82, 2.24) is 9.78 Å². The zero-order valence-corrected chi connectivity index (χ0v) is 9.44. The van der Waals surface area contributed by atoms with Gasteiger partial charge in [0.25, 0.3) is 0 Å². The van der Waals surface area contributed by atoms with Gasteiger partial charge in [-0.2, -0.15) is 5.10 Å². The van der Waals surface area contributed by atoms with Crippen molar-refractivity contribution >= 4 is 35.7 Å². The highest BCUT2D eigenvalue weighted by Gasteiger charge is 2.01. The van der Waals surface area contributed by atoms with Crippen LogP contribution in [0.25, 0.3) is 10.9 Å². The van der Waals surface area contributed by atoms with Crippen LogP contribution in [0.15, 0.2) is 24.4 Å². The molecule has 0 aliphatic rings. The molecule has 0 atom stereocenters. The van der Waals surface area contributed by atoms with Gasteiger partial charge < -0.3 is 5.73 Å². The lowest BCUT2D eigenvalue weighted by Gasteiger charge is -1.95. The third-order valence-electron chi connectivity index (χ3n) is 1.95. The van der Waals surface area contributed by atoms with Crippen LogP contribution in [0.5, 0.6) is 0 Å². The molecule has 1 heterocycles. The van der Waals surface area contributed by atoms with Gasteiger partial charge in [-0.1, -0.05) is 18.2 Å². The average Bonchev–Trinajstić information content (AvgIpc) is 2.44. The van der Waals surface area contributed by atoms with Gasteiger partial charge >= 0.3 is 0 Å². The highest BCUT2D eigenvalue weighted by atomic mass is 35.5. The molecule has 1 aromatic heterocycles. The molecule has 0 saturated carbocycles. The molecule has 0 bridgehead atoms. The fraction of sp³-hybridized carbons (Fsp3) is 0.222. The highest BCUT2D eigenvalue weighted by Crippen LogP contribution is 2.15. The van der Waals surface area contributed by atoms with E-state index in [4.69, 9.17) is 5.73 Å². The van der Waals surface area contributed by atoms with E-state index in [1.54, 1.807) is 0 Å². The molecule has 3 nitrogen and oxygen atoms in total. The van der Waals surface area contributed by atoms with E-state index >= 15 is 0 Å². The molecule has 5 heteroatoms. The fourth-order valence-corrected chi connectivity index (χ4v) is 1.39. The lowest BCUT2D eigenvalue weighted by molar-refractivity contribution is 0.778. The zero-order chi connectivity index (χ0) is 8.55. The van der Waals surface area contributed by atoms with Gasteiger partial charge in [-0.15, -0.1) is 24.8 Å². The van der Waals surface area contributed by atoms with Gasteiger partial charge in [0.2, 0.25) is 0 Å². The Bertz CT molecular complexity index is 411. The standard InChI is InChI=1S/C9H11N3.2ClH/c1-12-6-8-4-2-3-7(5-10)9(8)11-12;;/h2-4,6H,5,10H2,1H3;2*1H. The van der Waals surface area contributed by atoms with Crippen molar-refractivity contribution in [3.8, 4) is 0 Å². The molecule has 0 saturated heterocycles. The molecule has 2 N–H and O–H groups in total. The second kappa shape index (κ2) is 5.20. The van der Waals surface area contributed by atoms with Crippen molar-refractivity contribution in [2.45, 2.75) is 6.54 Å². The summed E-state index contributed by atoms with van der Waals surface area (Å²) in [5.74, 6) is 0. The molecule has 14 heavy (non-hydrogen) atoms. The molecule has 0 aliphatic carbocycles. The third-order valence-corrected chi connectivity index (χ3v) is 1.95. The Morgan fingerprint density at radius 1 is 1.36 bits per heavy atom. The SMILES string of the molecule is Cl.Cl.Cn1cc2cccc(CN)c2n1. The minimum absolute atomic E-state index is 0. The number of benzene rings is 1. The van der Waals surface area contributed by atoms with Crippen LogP contribution < -0.4 is 5.73 Å². The van der Waals surface area contributed by atoms with Crippen LogP contribution in [0, 0.1) is 0 Å². The number of halogens is 2. The summed E-state index contributed by atoms with van der Waals surface area (Å²) in [4.78, 5) is 0. The van der Waals surface area contributed by atoms with E-state index in [-0.39, 0.29) is 24.8 Å². The molecule has 0 radical (unpaired) electrons. The van der Waals surface area contributed by atoms with Crippen molar-refractivity contribution in [3.63, 3.8) is 0 Å². The van der Waals surface area contributed by atoms with Crippen LogP contribution in [-0.2, 0) is 13.6 Å². The Morgan fingerprint density at radius 3 is 2.71 bits per heavy atom. The second-order valence-corrected chi connectivity index (χ2v) is 2.86. The summed E-state index contributed by atoms with van der Waals surface area (Å²) >= 11 is 0. The minimum Gasteiger partial charge on any atom is -0.326 e. The highest BCUT2D eigenvalue weighted by molar-refractivity contribution is 5.85. The van der Waals surface area contributed by atoms with E-state index in [1.807, 2.05) is 36.1 Å². The van der Waals surface area contributed by atoms with Crippen LogP contribution in [0.4, 0.5) is 0 Å². The molecule has 0 amide bonds. The summed E-state index contributed by atoms with van der Waals surface area (Å²) < 4.78 is 1.81. The van der Waals surface area contributed by atoms with Gasteiger partial charge in [0.15, 0.2) is 0 Å². The quantitative estimate of drug-likeness (QED) is 0.818. The van der Waals surface area contributed by atoms with Crippen LogP contribution in [0.3, 0.4) is 0 Å². The van der Waals surface area contributed by atoms with Gasteiger partial charge in [0, 0.05) is 25.2 Å². The lowest BCUT2D eigenvalue weighted by Crippen LogP contribution is -1.97. The van der Waals surface area contributed by atoms with Crippen LogP contribution in [-0.4, -0.2) is 9.78 Å². The smallest absolute Gasteiger partial charge is 0.0967 e. The maximum absolute atomic E-state index is 5.58. The van der Waals surface area contributed by atoms with Gasteiger partial charge in [0.05, 0.1) is 5.52 Å². The van der Waals surface area contributed by atoms with Crippen molar-refractivity contribution < 1.29 is 0 Å². The van der Waals surface area contributed by atoms with E-state index in [9.17, 15) is 0 Å². The van der Waals surface area contributed by atoms with E-state index in [0.29, 0.717) is 6.54 Å². The van der Waals surface area contributed by atoms with Crippen LogP contribution >= 0.6 is 24.8 Å². The Kier molecular flexibility index (Phi) is 4.91. The van der Waals surface area contributed by atoms with E-state index in [0.717, 1.165) is 16.5 Å². The van der Waals surface area contributed by atoms with E-state index in [2.05, 4.69) is 5.10 Å². The summed E-state index contributed by atoms with van der Waals surface area (Å²) in [6.07, 6.45) is 1.99. The number of rotatable bonds is 1. The molecule has 0 spiro atoms. The second-order valence-electron chi connectivity index (χ2n) is 2.86. The first-order valence-electron chi connectivity index (χ1n) is 3.92. The molecular formula is C9H13Cl2N3. The average molecular weight is 234 g/mol.